The van der Waals surface area contributed by atoms with E-state index in [-0.39, 0.29) is 18.4 Å². The summed E-state index contributed by atoms with van der Waals surface area (Å²) in [6.07, 6.45) is 4.13. The fourth-order valence-corrected chi connectivity index (χ4v) is 4.65. The predicted molar refractivity (Wildman–Crippen MR) is 85.2 cm³/mol. The quantitative estimate of drug-likeness (QED) is 0.854. The summed E-state index contributed by atoms with van der Waals surface area (Å²) in [5, 5.41) is 7.68. The van der Waals surface area contributed by atoms with Gasteiger partial charge in [0.15, 0.2) is 5.03 Å². The van der Waals surface area contributed by atoms with Gasteiger partial charge in [-0.05, 0) is 45.3 Å². The highest BCUT2D eigenvalue weighted by Gasteiger charge is 2.33. The Morgan fingerprint density at radius 2 is 2.05 bits per heavy atom. The third kappa shape index (κ3) is 3.97. The van der Waals surface area contributed by atoms with Gasteiger partial charge in [0.05, 0.1) is 6.20 Å². The van der Waals surface area contributed by atoms with E-state index in [2.05, 4.69) is 10.4 Å². The summed E-state index contributed by atoms with van der Waals surface area (Å²) in [5.41, 5.74) is 0. The van der Waals surface area contributed by atoms with Gasteiger partial charge in [-0.1, -0.05) is 6.92 Å². The standard InChI is InChI=1S/C13H24N4O2S.ClH/c1-3-11-17(12-5-8-14-9-6-12)20(18,19)13-7-10-15-16(13)4-2;/h7,10,12,14H,3-6,8-9,11H2,1-2H3;1H. The van der Waals surface area contributed by atoms with Crippen molar-refractivity contribution in [1.29, 1.82) is 0 Å². The topological polar surface area (TPSA) is 67.2 Å². The first-order valence-electron chi connectivity index (χ1n) is 7.35. The lowest BCUT2D eigenvalue weighted by molar-refractivity contribution is 0.260. The normalized spacial score (nSPS) is 16.9. The lowest BCUT2D eigenvalue weighted by Crippen LogP contribution is -2.46. The Kier molecular flexibility index (Phi) is 7.12. The van der Waals surface area contributed by atoms with Crippen LogP contribution in [0.25, 0.3) is 0 Å². The number of nitrogens with zero attached hydrogens (tertiary/aromatic N) is 3. The molecule has 1 aliphatic heterocycles. The van der Waals surface area contributed by atoms with Gasteiger partial charge in [0.1, 0.15) is 0 Å². The SMILES string of the molecule is CCCN(C1CCNCC1)S(=O)(=O)c1ccnn1CC.Cl. The number of rotatable bonds is 6. The van der Waals surface area contributed by atoms with Crippen molar-refractivity contribution in [2.24, 2.45) is 0 Å². The second-order valence-electron chi connectivity index (χ2n) is 5.08. The van der Waals surface area contributed by atoms with Crippen LogP contribution in [0.1, 0.15) is 33.1 Å². The molecule has 0 radical (unpaired) electrons. The molecule has 0 spiro atoms. The summed E-state index contributed by atoms with van der Waals surface area (Å²) in [5.74, 6) is 0. The van der Waals surface area contributed by atoms with Crippen LogP contribution in [0.4, 0.5) is 0 Å². The van der Waals surface area contributed by atoms with Crippen LogP contribution in [-0.2, 0) is 16.6 Å². The highest BCUT2D eigenvalue weighted by molar-refractivity contribution is 7.89. The Morgan fingerprint density at radius 1 is 1.38 bits per heavy atom. The molecule has 0 saturated carbocycles. The summed E-state index contributed by atoms with van der Waals surface area (Å²) in [6.45, 7) is 6.82. The van der Waals surface area contributed by atoms with E-state index in [0.717, 1.165) is 32.4 Å². The van der Waals surface area contributed by atoms with Crippen LogP contribution < -0.4 is 5.32 Å². The molecular weight excluding hydrogens is 312 g/mol. The zero-order chi connectivity index (χ0) is 14.6. The second-order valence-corrected chi connectivity index (χ2v) is 6.92. The summed E-state index contributed by atoms with van der Waals surface area (Å²) >= 11 is 0. The van der Waals surface area contributed by atoms with Gasteiger partial charge < -0.3 is 5.32 Å². The first-order valence-corrected chi connectivity index (χ1v) is 8.79. The van der Waals surface area contributed by atoms with E-state index < -0.39 is 10.0 Å². The van der Waals surface area contributed by atoms with Crippen LogP contribution in [-0.4, -0.2) is 48.2 Å². The van der Waals surface area contributed by atoms with Crippen LogP contribution in [0.2, 0.25) is 0 Å². The second kappa shape index (κ2) is 8.12. The van der Waals surface area contributed by atoms with Crippen LogP contribution >= 0.6 is 12.4 Å². The first kappa shape index (κ1) is 18.4. The van der Waals surface area contributed by atoms with Crippen molar-refractivity contribution in [3.63, 3.8) is 0 Å². The van der Waals surface area contributed by atoms with Crippen molar-refractivity contribution in [3.05, 3.63) is 12.3 Å². The molecule has 0 atom stereocenters. The van der Waals surface area contributed by atoms with Crippen LogP contribution in [0.3, 0.4) is 0 Å². The maximum atomic E-state index is 12.9. The molecule has 0 bridgehead atoms. The van der Waals surface area contributed by atoms with E-state index in [9.17, 15) is 8.42 Å². The molecule has 1 aromatic rings. The molecule has 0 unspecified atom stereocenters. The zero-order valence-corrected chi connectivity index (χ0v) is 14.3. The summed E-state index contributed by atoms with van der Waals surface area (Å²) in [7, 11) is -3.46. The molecular formula is C13H25ClN4O2S. The Labute approximate surface area is 133 Å². The molecule has 1 N–H and O–H groups in total. The largest absolute Gasteiger partial charge is 0.317 e. The van der Waals surface area contributed by atoms with Crippen molar-refractivity contribution in [2.75, 3.05) is 19.6 Å². The van der Waals surface area contributed by atoms with Crippen molar-refractivity contribution in [3.8, 4) is 0 Å². The molecule has 2 rings (SSSR count). The maximum absolute atomic E-state index is 12.9. The fraction of sp³-hybridized carbons (Fsp3) is 0.769. The number of sulfonamides is 1. The van der Waals surface area contributed by atoms with Crippen LogP contribution in [0.15, 0.2) is 17.3 Å². The summed E-state index contributed by atoms with van der Waals surface area (Å²) in [4.78, 5) is 0. The van der Waals surface area contributed by atoms with Crippen LogP contribution in [0.5, 0.6) is 0 Å². The number of aryl methyl sites for hydroxylation is 1. The van der Waals surface area contributed by atoms with E-state index in [1.807, 2.05) is 13.8 Å². The van der Waals surface area contributed by atoms with E-state index in [1.165, 1.54) is 0 Å². The van der Waals surface area contributed by atoms with Gasteiger partial charge in [-0.2, -0.15) is 9.40 Å². The maximum Gasteiger partial charge on any atom is 0.260 e. The van der Waals surface area contributed by atoms with Gasteiger partial charge in [0, 0.05) is 19.1 Å². The summed E-state index contributed by atoms with van der Waals surface area (Å²) < 4.78 is 29.0. The molecule has 1 saturated heterocycles. The molecule has 0 amide bonds. The van der Waals surface area contributed by atoms with Crippen LogP contribution in [0, 0.1) is 0 Å². The number of piperidine rings is 1. The summed E-state index contributed by atoms with van der Waals surface area (Å²) in [6, 6.07) is 1.70. The molecule has 21 heavy (non-hydrogen) atoms. The van der Waals surface area contributed by atoms with Gasteiger partial charge in [-0.3, -0.25) is 4.68 Å². The van der Waals surface area contributed by atoms with Gasteiger partial charge in [-0.15, -0.1) is 12.4 Å². The highest BCUT2D eigenvalue weighted by atomic mass is 35.5. The molecule has 0 aliphatic carbocycles. The Morgan fingerprint density at radius 3 is 2.62 bits per heavy atom. The van der Waals surface area contributed by atoms with Crippen molar-refractivity contribution in [1.82, 2.24) is 19.4 Å². The van der Waals surface area contributed by atoms with Crippen molar-refractivity contribution < 1.29 is 8.42 Å². The smallest absolute Gasteiger partial charge is 0.260 e. The first-order chi connectivity index (χ1) is 9.61. The van der Waals surface area contributed by atoms with Gasteiger partial charge in [-0.25, -0.2) is 8.42 Å². The number of halogens is 1. The molecule has 122 valence electrons. The predicted octanol–water partition coefficient (Wildman–Crippen LogP) is 1.48. The minimum Gasteiger partial charge on any atom is -0.317 e. The number of hydrogen-bond donors (Lipinski definition) is 1. The average molecular weight is 337 g/mol. The van der Waals surface area contributed by atoms with E-state index in [4.69, 9.17) is 0 Å². The Bertz CT molecular complexity index is 526. The van der Waals surface area contributed by atoms with Crippen molar-refractivity contribution in [2.45, 2.75) is 50.7 Å². The zero-order valence-electron chi connectivity index (χ0n) is 12.7. The van der Waals surface area contributed by atoms with Crippen molar-refractivity contribution >= 4 is 22.4 Å². The molecule has 2 heterocycles. The van der Waals surface area contributed by atoms with E-state index in [1.54, 1.807) is 21.3 Å². The molecule has 8 heteroatoms. The third-order valence-corrected chi connectivity index (χ3v) is 5.68. The van der Waals surface area contributed by atoms with Gasteiger partial charge >= 0.3 is 0 Å². The number of aromatic nitrogens is 2. The fourth-order valence-electron chi connectivity index (χ4n) is 2.71. The minimum atomic E-state index is -3.46. The Balaban J connectivity index is 0.00000220. The molecule has 1 aromatic heterocycles. The molecule has 1 aliphatic rings. The number of hydrogen-bond acceptors (Lipinski definition) is 4. The van der Waals surface area contributed by atoms with Gasteiger partial charge in [0.2, 0.25) is 0 Å². The Hall–Kier alpha value is -0.630. The minimum absolute atomic E-state index is 0. The lowest BCUT2D eigenvalue weighted by atomic mass is 10.1. The highest BCUT2D eigenvalue weighted by Crippen LogP contribution is 2.22. The lowest BCUT2D eigenvalue weighted by Gasteiger charge is -2.33. The molecule has 0 aromatic carbocycles. The van der Waals surface area contributed by atoms with Gasteiger partial charge in [0.25, 0.3) is 10.0 Å². The van der Waals surface area contributed by atoms with E-state index >= 15 is 0 Å². The third-order valence-electron chi connectivity index (χ3n) is 3.71. The average Bonchev–Trinajstić information content (AvgIpc) is 2.94. The monoisotopic (exact) mass is 336 g/mol. The van der Waals surface area contributed by atoms with E-state index in [0.29, 0.717) is 18.1 Å². The molecule has 1 fully saturated rings. The number of nitrogens with one attached hydrogen (secondary N) is 1. The molecule has 6 nitrogen and oxygen atoms in total.